The van der Waals surface area contributed by atoms with Gasteiger partial charge in [-0.15, -0.1) is 12.4 Å². The number of carbonyl (C=O) groups is 3. The molecule has 3 saturated heterocycles. The molecule has 3 aliphatic heterocycles. The molecule has 1 aromatic carbocycles. The Bertz CT molecular complexity index is 1050. The fourth-order valence-electron chi connectivity index (χ4n) is 7.32. The molecule has 0 radical (unpaired) electrons. The molecule has 222 valence electrons. The van der Waals surface area contributed by atoms with E-state index >= 15 is 0 Å². The lowest BCUT2D eigenvalue weighted by Crippen LogP contribution is -2.60. The number of piperidine rings is 1. The Morgan fingerprint density at radius 1 is 1.05 bits per heavy atom. The van der Waals surface area contributed by atoms with Crippen molar-refractivity contribution in [2.45, 2.75) is 87.4 Å². The average molecular weight is 583 g/mol. The number of carbonyl (C=O) groups excluding carboxylic acids is 3. The molecular weight excluding hydrogens is 542 g/mol. The molecular formula is C29H41ClF2N4O4. The first-order chi connectivity index (χ1) is 18.6. The second-order valence-electron chi connectivity index (χ2n) is 11.7. The number of ether oxygens (including phenoxy) is 1. The first-order valence-corrected chi connectivity index (χ1v) is 14.2. The van der Waals surface area contributed by atoms with E-state index in [0.29, 0.717) is 32.4 Å². The molecule has 0 aromatic heterocycles. The lowest BCUT2D eigenvalue weighted by molar-refractivity contribution is -0.137. The summed E-state index contributed by atoms with van der Waals surface area (Å²) in [7, 11) is 3.16. The number of halogens is 3. The van der Waals surface area contributed by atoms with E-state index in [4.69, 9.17) is 4.74 Å². The second-order valence-corrected chi connectivity index (χ2v) is 11.7. The van der Waals surface area contributed by atoms with Gasteiger partial charge >= 0.3 is 6.03 Å². The van der Waals surface area contributed by atoms with E-state index in [9.17, 15) is 23.2 Å². The van der Waals surface area contributed by atoms with Crippen molar-refractivity contribution in [1.82, 2.24) is 20.0 Å². The van der Waals surface area contributed by atoms with Gasteiger partial charge in [-0.2, -0.15) is 0 Å². The van der Waals surface area contributed by atoms with Gasteiger partial charge in [0, 0.05) is 58.1 Å². The Morgan fingerprint density at radius 2 is 1.68 bits per heavy atom. The lowest BCUT2D eigenvalue weighted by atomic mass is 9.81. The predicted octanol–water partition coefficient (Wildman–Crippen LogP) is 4.39. The van der Waals surface area contributed by atoms with Crippen LogP contribution in [-0.2, 0) is 14.3 Å². The van der Waals surface area contributed by atoms with Crippen molar-refractivity contribution in [3.8, 4) is 0 Å². The summed E-state index contributed by atoms with van der Waals surface area (Å²) in [6, 6.07) is 9.66. The molecule has 2 bridgehead atoms. The molecule has 1 saturated carbocycles. The van der Waals surface area contributed by atoms with Gasteiger partial charge in [-0.1, -0.05) is 30.3 Å². The number of hydrogen-bond acceptors (Lipinski definition) is 5. The Balaban J connectivity index is 0.00000370. The monoisotopic (exact) mass is 582 g/mol. The molecule has 3 heterocycles. The number of likely N-dealkylation sites (N-methyl/N-ethyl adjacent to an activating group) is 1. The summed E-state index contributed by atoms with van der Waals surface area (Å²) in [5.74, 6) is -3.32. The van der Waals surface area contributed by atoms with Crippen LogP contribution in [-0.4, -0.2) is 89.9 Å². The van der Waals surface area contributed by atoms with Crippen molar-refractivity contribution in [2.75, 3.05) is 33.9 Å². The standard InChI is InChI=1S/C29H40F2N4O4.ClH/c1-33-26(37)28(35(27(33)38)16-17-39-2)18-22-8-9-23(19-28)34(22)15-12-24(20-6-4-3-5-7-20)32-25(36)21-10-13-29(30,31)14-11-21;/h3-7,21-24H,8-19H2,1-2H3,(H,32,36);1H/t22?,23?,24-,28?;/m0./s1. The number of alkyl halides is 2. The highest BCUT2D eigenvalue weighted by Gasteiger charge is 2.61. The third-order valence-corrected chi connectivity index (χ3v) is 9.46. The van der Waals surface area contributed by atoms with Crippen LogP contribution >= 0.6 is 12.4 Å². The Hall–Kier alpha value is -2.30. The third-order valence-electron chi connectivity index (χ3n) is 9.46. The van der Waals surface area contributed by atoms with Crippen molar-refractivity contribution >= 4 is 30.3 Å². The zero-order chi connectivity index (χ0) is 27.8. The molecule has 3 atom stereocenters. The topological polar surface area (TPSA) is 82.2 Å². The SMILES string of the molecule is COCCN1C(=O)N(C)C(=O)C12CC1CCC(C2)N1CC[C@H](NC(=O)C1CCC(F)(F)CC1)c1ccccc1.Cl. The van der Waals surface area contributed by atoms with E-state index in [1.165, 1.54) is 4.90 Å². The maximum Gasteiger partial charge on any atom is 0.327 e. The maximum absolute atomic E-state index is 13.6. The molecule has 1 aliphatic carbocycles. The minimum Gasteiger partial charge on any atom is -0.383 e. The van der Waals surface area contributed by atoms with E-state index in [0.717, 1.165) is 24.9 Å². The molecule has 1 N–H and O–H groups in total. The molecule has 5 rings (SSSR count). The first kappa shape index (κ1) is 30.7. The van der Waals surface area contributed by atoms with Gasteiger partial charge in [0.1, 0.15) is 5.54 Å². The number of urea groups is 1. The summed E-state index contributed by atoms with van der Waals surface area (Å²) in [5.41, 5.74) is 0.180. The summed E-state index contributed by atoms with van der Waals surface area (Å²) < 4.78 is 32.5. The Labute approximate surface area is 241 Å². The van der Waals surface area contributed by atoms with Crippen LogP contribution in [0.2, 0.25) is 0 Å². The van der Waals surface area contributed by atoms with Gasteiger partial charge in [0.25, 0.3) is 5.91 Å². The largest absolute Gasteiger partial charge is 0.383 e. The van der Waals surface area contributed by atoms with Crippen molar-refractivity contribution in [1.29, 1.82) is 0 Å². The molecule has 4 amide bonds. The van der Waals surface area contributed by atoms with Crippen molar-refractivity contribution in [2.24, 2.45) is 5.92 Å². The molecule has 1 spiro atoms. The molecule has 4 aliphatic rings. The molecule has 4 fully saturated rings. The van der Waals surface area contributed by atoms with Crippen molar-refractivity contribution in [3.63, 3.8) is 0 Å². The van der Waals surface area contributed by atoms with Gasteiger partial charge in [0.05, 0.1) is 12.6 Å². The zero-order valence-electron chi connectivity index (χ0n) is 23.3. The Morgan fingerprint density at radius 3 is 2.27 bits per heavy atom. The lowest BCUT2D eigenvalue weighted by Gasteiger charge is -2.47. The number of rotatable bonds is 9. The highest BCUT2D eigenvalue weighted by atomic mass is 35.5. The van der Waals surface area contributed by atoms with Crippen LogP contribution in [0.5, 0.6) is 0 Å². The maximum atomic E-state index is 13.6. The zero-order valence-corrected chi connectivity index (χ0v) is 24.1. The van der Waals surface area contributed by atoms with Crippen LogP contribution in [0.4, 0.5) is 13.6 Å². The van der Waals surface area contributed by atoms with Crippen LogP contribution in [0, 0.1) is 5.92 Å². The number of nitrogens with zero attached hydrogens (tertiary/aromatic N) is 3. The van der Waals surface area contributed by atoms with Crippen molar-refractivity contribution in [3.05, 3.63) is 35.9 Å². The van der Waals surface area contributed by atoms with Gasteiger partial charge in [-0.05, 0) is 50.5 Å². The number of imide groups is 1. The molecule has 8 nitrogen and oxygen atoms in total. The molecule has 11 heteroatoms. The number of methoxy groups -OCH3 is 1. The van der Waals surface area contributed by atoms with E-state index in [-0.39, 0.29) is 80.0 Å². The van der Waals surface area contributed by atoms with Crippen LogP contribution in [0.25, 0.3) is 0 Å². The predicted molar refractivity (Wildman–Crippen MR) is 148 cm³/mol. The van der Waals surface area contributed by atoms with Gasteiger partial charge in [0.15, 0.2) is 0 Å². The molecule has 2 unspecified atom stereocenters. The smallest absolute Gasteiger partial charge is 0.327 e. The highest BCUT2D eigenvalue weighted by molar-refractivity contribution is 6.07. The quantitative estimate of drug-likeness (QED) is 0.437. The summed E-state index contributed by atoms with van der Waals surface area (Å²) in [5, 5.41) is 3.18. The van der Waals surface area contributed by atoms with Crippen LogP contribution in [0.3, 0.4) is 0 Å². The highest BCUT2D eigenvalue weighted by Crippen LogP contribution is 2.47. The van der Waals surface area contributed by atoms with Crippen LogP contribution in [0.15, 0.2) is 30.3 Å². The van der Waals surface area contributed by atoms with Gasteiger partial charge in [-0.3, -0.25) is 19.4 Å². The number of nitrogens with one attached hydrogen (secondary N) is 1. The summed E-state index contributed by atoms with van der Waals surface area (Å²) in [6.07, 6.45) is 3.75. The minimum absolute atomic E-state index is 0. The van der Waals surface area contributed by atoms with Crippen LogP contribution in [0.1, 0.15) is 69.4 Å². The number of fused-ring (bicyclic) bond motifs is 2. The van der Waals surface area contributed by atoms with Crippen LogP contribution < -0.4 is 5.32 Å². The normalized spacial score (nSPS) is 29.1. The fraction of sp³-hybridized carbons (Fsp3) is 0.690. The third kappa shape index (κ3) is 5.85. The summed E-state index contributed by atoms with van der Waals surface area (Å²) in [4.78, 5) is 44.8. The fourth-order valence-corrected chi connectivity index (χ4v) is 7.32. The van der Waals surface area contributed by atoms with Gasteiger partial charge in [-0.25, -0.2) is 13.6 Å². The Kier molecular flexibility index (Phi) is 9.42. The first-order valence-electron chi connectivity index (χ1n) is 14.2. The number of hydrogen-bond donors (Lipinski definition) is 1. The average Bonchev–Trinajstić information content (AvgIpc) is 3.26. The van der Waals surface area contributed by atoms with Gasteiger partial charge in [0.2, 0.25) is 11.8 Å². The summed E-state index contributed by atoms with van der Waals surface area (Å²) in [6.45, 7) is 1.51. The van der Waals surface area contributed by atoms with E-state index in [1.807, 2.05) is 30.3 Å². The van der Waals surface area contributed by atoms with E-state index in [1.54, 1.807) is 19.1 Å². The number of benzene rings is 1. The summed E-state index contributed by atoms with van der Waals surface area (Å²) >= 11 is 0. The van der Waals surface area contributed by atoms with Gasteiger partial charge < -0.3 is 15.0 Å². The minimum atomic E-state index is -2.67. The van der Waals surface area contributed by atoms with E-state index < -0.39 is 11.5 Å². The van der Waals surface area contributed by atoms with Crippen molar-refractivity contribution < 1.29 is 27.9 Å². The second kappa shape index (κ2) is 12.3. The molecule has 40 heavy (non-hydrogen) atoms. The van der Waals surface area contributed by atoms with E-state index in [2.05, 4.69) is 10.2 Å². The number of amides is 4. The molecule has 1 aromatic rings.